The topological polar surface area (TPSA) is 41.5 Å². The second-order valence-corrected chi connectivity index (χ2v) is 3.62. The number of hydrogen-bond acceptors (Lipinski definition) is 3. The summed E-state index contributed by atoms with van der Waals surface area (Å²) in [6.07, 6.45) is -4.76. The van der Waals surface area contributed by atoms with Gasteiger partial charge in [0.1, 0.15) is 5.75 Å². The zero-order chi connectivity index (χ0) is 13.1. The predicted molar refractivity (Wildman–Crippen MR) is 56.9 cm³/mol. The highest BCUT2D eigenvalue weighted by Crippen LogP contribution is 2.39. The lowest BCUT2D eigenvalue weighted by molar-refractivity contribution is -0.264. The molecule has 1 aromatic carbocycles. The molecule has 0 bridgehead atoms. The summed E-state index contributed by atoms with van der Waals surface area (Å²) in [7, 11) is 2.70. The highest BCUT2D eigenvalue weighted by atomic mass is 19.4. The number of likely N-dealkylation sites (N-methyl/N-ethyl adjacent to an activating group) is 1. The van der Waals surface area contributed by atoms with Gasteiger partial charge in [-0.1, -0.05) is 12.1 Å². The second-order valence-electron chi connectivity index (χ2n) is 3.62. The van der Waals surface area contributed by atoms with Crippen LogP contribution < -0.4 is 10.1 Å². The first-order valence-electron chi connectivity index (χ1n) is 4.93. The monoisotopic (exact) mass is 249 g/mol. The van der Waals surface area contributed by atoms with Crippen molar-refractivity contribution in [1.82, 2.24) is 5.32 Å². The summed E-state index contributed by atoms with van der Waals surface area (Å²) >= 11 is 0. The molecule has 6 heteroatoms. The quantitative estimate of drug-likeness (QED) is 0.852. The normalized spacial score (nSPS) is 15.4. The van der Waals surface area contributed by atoms with E-state index >= 15 is 0 Å². The lowest BCUT2D eigenvalue weighted by atomic mass is 9.93. The number of hydrogen-bond donors (Lipinski definition) is 2. The molecule has 3 nitrogen and oxygen atoms in total. The van der Waals surface area contributed by atoms with Gasteiger partial charge in [-0.25, -0.2) is 0 Å². The first-order chi connectivity index (χ1) is 7.85. The molecule has 1 aromatic rings. The minimum atomic E-state index is -4.76. The van der Waals surface area contributed by atoms with E-state index in [-0.39, 0.29) is 11.3 Å². The maximum atomic E-state index is 12.9. The molecular formula is C11H14F3NO2. The number of nitrogens with one attached hydrogen (secondary N) is 1. The molecule has 0 fully saturated rings. The molecule has 0 aromatic heterocycles. The van der Waals surface area contributed by atoms with Crippen LogP contribution in [0.25, 0.3) is 0 Å². The summed E-state index contributed by atoms with van der Waals surface area (Å²) in [6, 6.07) is 5.30. The van der Waals surface area contributed by atoms with Crippen molar-refractivity contribution in [1.29, 1.82) is 0 Å². The van der Waals surface area contributed by atoms with Gasteiger partial charge in [0.2, 0.25) is 0 Å². The zero-order valence-electron chi connectivity index (χ0n) is 9.51. The molecule has 0 amide bonds. The van der Waals surface area contributed by atoms with E-state index in [4.69, 9.17) is 4.74 Å². The molecule has 0 spiro atoms. The predicted octanol–water partition coefficient (Wildman–Crippen LogP) is 1.66. The van der Waals surface area contributed by atoms with Gasteiger partial charge >= 0.3 is 6.18 Å². The summed E-state index contributed by atoms with van der Waals surface area (Å²) in [5, 5.41) is 12.1. The van der Waals surface area contributed by atoms with Crippen molar-refractivity contribution in [3.05, 3.63) is 29.8 Å². The first kappa shape index (κ1) is 13.8. The van der Waals surface area contributed by atoms with Gasteiger partial charge in [0.05, 0.1) is 7.11 Å². The van der Waals surface area contributed by atoms with Crippen LogP contribution in [-0.4, -0.2) is 32.0 Å². The molecule has 0 saturated heterocycles. The maximum Gasteiger partial charge on any atom is 0.422 e. The van der Waals surface area contributed by atoms with Crippen LogP contribution >= 0.6 is 0 Å². The molecule has 1 unspecified atom stereocenters. The number of aliphatic hydroxyl groups is 1. The van der Waals surface area contributed by atoms with Gasteiger partial charge < -0.3 is 15.2 Å². The Hall–Kier alpha value is -1.27. The van der Waals surface area contributed by atoms with Gasteiger partial charge in [0.25, 0.3) is 0 Å². The molecule has 96 valence electrons. The number of benzene rings is 1. The molecule has 0 heterocycles. The largest absolute Gasteiger partial charge is 0.497 e. The van der Waals surface area contributed by atoms with Gasteiger partial charge in [-0.05, 0) is 24.7 Å². The molecule has 1 rings (SSSR count). The molecule has 1 atom stereocenters. The van der Waals surface area contributed by atoms with Crippen molar-refractivity contribution in [2.75, 3.05) is 20.7 Å². The van der Waals surface area contributed by atoms with Crippen LogP contribution in [0.15, 0.2) is 24.3 Å². The van der Waals surface area contributed by atoms with Crippen molar-refractivity contribution in [3.8, 4) is 5.75 Å². The van der Waals surface area contributed by atoms with E-state index in [1.807, 2.05) is 0 Å². The molecule has 0 aliphatic carbocycles. The fraction of sp³-hybridized carbons (Fsp3) is 0.455. The van der Waals surface area contributed by atoms with Gasteiger partial charge in [-0.3, -0.25) is 0 Å². The third-order valence-electron chi connectivity index (χ3n) is 2.45. The van der Waals surface area contributed by atoms with Crippen LogP contribution in [0.2, 0.25) is 0 Å². The number of rotatable bonds is 4. The molecule has 0 aliphatic heterocycles. The van der Waals surface area contributed by atoms with Gasteiger partial charge in [-0.2, -0.15) is 13.2 Å². The van der Waals surface area contributed by atoms with E-state index in [1.165, 1.54) is 38.4 Å². The van der Waals surface area contributed by atoms with E-state index in [0.717, 1.165) is 0 Å². The van der Waals surface area contributed by atoms with E-state index in [0.29, 0.717) is 0 Å². The van der Waals surface area contributed by atoms with Crippen molar-refractivity contribution in [2.45, 2.75) is 11.8 Å². The van der Waals surface area contributed by atoms with E-state index in [9.17, 15) is 18.3 Å². The van der Waals surface area contributed by atoms with Crippen LogP contribution in [0.4, 0.5) is 13.2 Å². The molecular weight excluding hydrogens is 235 g/mol. The fourth-order valence-corrected chi connectivity index (χ4v) is 1.50. The van der Waals surface area contributed by atoms with Crippen molar-refractivity contribution in [3.63, 3.8) is 0 Å². The van der Waals surface area contributed by atoms with Crippen LogP contribution in [-0.2, 0) is 5.60 Å². The Morgan fingerprint density at radius 1 is 1.35 bits per heavy atom. The summed E-state index contributed by atoms with van der Waals surface area (Å²) in [6.45, 7) is -0.621. The van der Waals surface area contributed by atoms with Gasteiger partial charge in [-0.15, -0.1) is 0 Å². The lowest BCUT2D eigenvalue weighted by Gasteiger charge is -2.30. The summed E-state index contributed by atoms with van der Waals surface area (Å²) in [5.41, 5.74) is -3.17. The Morgan fingerprint density at radius 2 is 2.00 bits per heavy atom. The standard InChI is InChI=1S/C11H14F3NO2/c1-15-7-10(16,11(12,13)14)8-4-3-5-9(6-8)17-2/h3-6,15-16H,7H2,1-2H3. The molecule has 0 radical (unpaired) electrons. The smallest absolute Gasteiger partial charge is 0.422 e. The summed E-state index contributed by atoms with van der Waals surface area (Å²) in [4.78, 5) is 0. The number of alkyl halides is 3. The number of methoxy groups -OCH3 is 1. The van der Waals surface area contributed by atoms with E-state index < -0.39 is 18.3 Å². The van der Waals surface area contributed by atoms with Crippen LogP contribution in [0.5, 0.6) is 5.75 Å². The highest BCUT2D eigenvalue weighted by Gasteiger charge is 2.54. The van der Waals surface area contributed by atoms with Crippen LogP contribution in [0.3, 0.4) is 0 Å². The SMILES string of the molecule is CNCC(O)(c1cccc(OC)c1)C(F)(F)F. The zero-order valence-corrected chi connectivity index (χ0v) is 9.51. The number of halogens is 3. The Labute approximate surface area is 97.2 Å². The average molecular weight is 249 g/mol. The molecule has 17 heavy (non-hydrogen) atoms. The van der Waals surface area contributed by atoms with E-state index in [2.05, 4.69) is 5.32 Å². The Morgan fingerprint density at radius 3 is 2.47 bits per heavy atom. The third kappa shape index (κ3) is 2.70. The van der Waals surface area contributed by atoms with Crippen LogP contribution in [0.1, 0.15) is 5.56 Å². The Balaban J connectivity index is 3.22. The Kier molecular flexibility index (Phi) is 4.00. The number of ether oxygens (including phenoxy) is 1. The lowest BCUT2D eigenvalue weighted by Crippen LogP contribution is -2.49. The Bertz CT molecular complexity index is 381. The fourth-order valence-electron chi connectivity index (χ4n) is 1.50. The summed E-state index contributed by atoms with van der Waals surface area (Å²) in [5.74, 6) is 0.265. The maximum absolute atomic E-state index is 12.9. The van der Waals surface area contributed by atoms with Crippen molar-refractivity contribution in [2.24, 2.45) is 0 Å². The minimum Gasteiger partial charge on any atom is -0.497 e. The van der Waals surface area contributed by atoms with Crippen molar-refractivity contribution >= 4 is 0 Å². The summed E-state index contributed by atoms with van der Waals surface area (Å²) < 4.78 is 43.5. The first-order valence-corrected chi connectivity index (χ1v) is 4.93. The molecule has 0 aliphatic rings. The molecule has 0 saturated carbocycles. The highest BCUT2D eigenvalue weighted by molar-refractivity contribution is 5.33. The minimum absolute atomic E-state index is 0.251. The average Bonchev–Trinajstić information content (AvgIpc) is 2.28. The molecule has 2 N–H and O–H groups in total. The second kappa shape index (κ2) is 4.93. The third-order valence-corrected chi connectivity index (χ3v) is 2.45. The van der Waals surface area contributed by atoms with Gasteiger partial charge in [0, 0.05) is 6.54 Å². The van der Waals surface area contributed by atoms with Crippen molar-refractivity contribution < 1.29 is 23.0 Å². The van der Waals surface area contributed by atoms with Crippen LogP contribution in [0, 0.1) is 0 Å². The van der Waals surface area contributed by atoms with Gasteiger partial charge in [0.15, 0.2) is 5.60 Å². The van der Waals surface area contributed by atoms with E-state index in [1.54, 1.807) is 0 Å².